The van der Waals surface area contributed by atoms with Gasteiger partial charge in [0, 0.05) is 17.6 Å². The summed E-state index contributed by atoms with van der Waals surface area (Å²) >= 11 is 0. The molecule has 0 aliphatic rings. The second-order valence-corrected chi connectivity index (χ2v) is 3.73. The molecule has 0 fully saturated rings. The van der Waals surface area contributed by atoms with Gasteiger partial charge in [-0.3, -0.25) is 9.98 Å². The summed E-state index contributed by atoms with van der Waals surface area (Å²) in [4.78, 5) is 8.70. The fourth-order valence-corrected chi connectivity index (χ4v) is 0.958. The average Bonchev–Trinajstić information content (AvgIpc) is 2.18. The van der Waals surface area contributed by atoms with E-state index in [1.54, 1.807) is 0 Å². The predicted octanol–water partition coefficient (Wildman–Crippen LogP) is 4.15. The van der Waals surface area contributed by atoms with Crippen LogP contribution in [0.15, 0.2) is 34.0 Å². The smallest absolute Gasteiger partial charge is 0.0604 e. The van der Waals surface area contributed by atoms with Gasteiger partial charge in [0.05, 0.1) is 5.70 Å². The van der Waals surface area contributed by atoms with Gasteiger partial charge in [-0.1, -0.05) is 20.4 Å². The number of hydrogen-bond acceptors (Lipinski definition) is 2. The van der Waals surface area contributed by atoms with Crippen LogP contribution >= 0.6 is 0 Å². The standard InChI is InChI=1S/C13H22N2/c1-7-11(5)15-12(6)13(8-2)9-14-10(3)4/h9H,6-8H2,1-5H3/b13-9-,15-11?. The van der Waals surface area contributed by atoms with Crippen molar-refractivity contribution in [3.8, 4) is 0 Å². The van der Waals surface area contributed by atoms with Crippen molar-refractivity contribution in [2.24, 2.45) is 9.98 Å². The van der Waals surface area contributed by atoms with E-state index in [4.69, 9.17) is 0 Å². The van der Waals surface area contributed by atoms with E-state index in [1.807, 2.05) is 27.0 Å². The highest BCUT2D eigenvalue weighted by Gasteiger charge is 1.98. The minimum atomic E-state index is 0.835. The summed E-state index contributed by atoms with van der Waals surface area (Å²) in [6, 6.07) is 0. The van der Waals surface area contributed by atoms with Gasteiger partial charge in [-0.25, -0.2) is 0 Å². The third kappa shape index (κ3) is 6.00. The molecule has 0 heterocycles. The zero-order valence-corrected chi connectivity index (χ0v) is 10.6. The molecular weight excluding hydrogens is 184 g/mol. The van der Waals surface area contributed by atoms with Gasteiger partial charge in [0.25, 0.3) is 0 Å². The summed E-state index contributed by atoms with van der Waals surface area (Å²) in [5.74, 6) is 0. The van der Waals surface area contributed by atoms with Crippen molar-refractivity contribution < 1.29 is 0 Å². The second-order valence-electron chi connectivity index (χ2n) is 3.73. The minimum absolute atomic E-state index is 0.835. The molecule has 0 unspecified atom stereocenters. The van der Waals surface area contributed by atoms with E-state index in [-0.39, 0.29) is 0 Å². The largest absolute Gasteiger partial charge is 0.266 e. The summed E-state index contributed by atoms with van der Waals surface area (Å²) in [5.41, 5.74) is 4.09. The Kier molecular flexibility index (Phi) is 6.59. The predicted molar refractivity (Wildman–Crippen MR) is 69.7 cm³/mol. The molecular formula is C13H22N2. The first-order valence-corrected chi connectivity index (χ1v) is 5.44. The van der Waals surface area contributed by atoms with E-state index in [0.717, 1.165) is 35.5 Å². The molecule has 0 saturated carbocycles. The van der Waals surface area contributed by atoms with Crippen molar-refractivity contribution in [1.82, 2.24) is 0 Å². The first-order chi connectivity index (χ1) is 7.01. The molecule has 0 rings (SSSR count). The molecule has 0 amide bonds. The monoisotopic (exact) mass is 206 g/mol. The molecule has 0 aliphatic heterocycles. The van der Waals surface area contributed by atoms with Crippen molar-refractivity contribution in [2.75, 3.05) is 0 Å². The van der Waals surface area contributed by atoms with E-state index < -0.39 is 0 Å². The second kappa shape index (κ2) is 7.16. The molecule has 2 nitrogen and oxygen atoms in total. The summed E-state index contributed by atoms with van der Waals surface area (Å²) in [6.07, 6.45) is 3.74. The number of aliphatic imine (C=N–C) groups is 2. The number of rotatable bonds is 5. The Morgan fingerprint density at radius 3 is 2.13 bits per heavy atom. The summed E-state index contributed by atoms with van der Waals surface area (Å²) in [5, 5.41) is 0. The number of nitrogens with zero attached hydrogens (tertiary/aromatic N) is 2. The molecule has 0 aromatic heterocycles. The van der Waals surface area contributed by atoms with Crippen molar-refractivity contribution in [3.05, 3.63) is 24.0 Å². The highest BCUT2D eigenvalue weighted by atomic mass is 14.8. The van der Waals surface area contributed by atoms with Crippen LogP contribution in [0.5, 0.6) is 0 Å². The maximum atomic E-state index is 4.43. The van der Waals surface area contributed by atoms with Crippen LogP contribution in [-0.4, -0.2) is 11.4 Å². The van der Waals surface area contributed by atoms with Crippen LogP contribution in [0.4, 0.5) is 0 Å². The van der Waals surface area contributed by atoms with Crippen LogP contribution in [-0.2, 0) is 0 Å². The zero-order valence-electron chi connectivity index (χ0n) is 10.6. The molecule has 0 aromatic rings. The van der Waals surface area contributed by atoms with Crippen molar-refractivity contribution in [3.63, 3.8) is 0 Å². The molecule has 0 spiro atoms. The fourth-order valence-electron chi connectivity index (χ4n) is 0.958. The maximum absolute atomic E-state index is 4.43. The average molecular weight is 206 g/mol. The molecule has 2 heteroatoms. The first kappa shape index (κ1) is 13.8. The highest BCUT2D eigenvalue weighted by molar-refractivity contribution is 5.83. The highest BCUT2D eigenvalue weighted by Crippen LogP contribution is 2.14. The Hall–Kier alpha value is -1.18. The van der Waals surface area contributed by atoms with Gasteiger partial charge in [-0.15, -0.1) is 0 Å². The van der Waals surface area contributed by atoms with Gasteiger partial charge in [0.1, 0.15) is 0 Å². The summed E-state index contributed by atoms with van der Waals surface area (Å²) < 4.78 is 0. The van der Waals surface area contributed by atoms with Gasteiger partial charge in [-0.05, 0) is 39.2 Å². The lowest BCUT2D eigenvalue weighted by atomic mass is 10.1. The van der Waals surface area contributed by atoms with E-state index >= 15 is 0 Å². The minimum Gasteiger partial charge on any atom is -0.266 e. The van der Waals surface area contributed by atoms with Crippen LogP contribution in [0.1, 0.15) is 47.5 Å². The van der Waals surface area contributed by atoms with Crippen molar-refractivity contribution >= 4 is 11.4 Å². The van der Waals surface area contributed by atoms with Crippen LogP contribution < -0.4 is 0 Å². The van der Waals surface area contributed by atoms with Gasteiger partial charge >= 0.3 is 0 Å². The molecule has 0 aliphatic carbocycles. The van der Waals surface area contributed by atoms with Crippen LogP contribution in [0.3, 0.4) is 0 Å². The third-order valence-electron chi connectivity index (χ3n) is 2.07. The van der Waals surface area contributed by atoms with Crippen molar-refractivity contribution in [1.29, 1.82) is 0 Å². The molecule has 15 heavy (non-hydrogen) atoms. The molecule has 0 bridgehead atoms. The summed E-state index contributed by atoms with van der Waals surface area (Å²) in [7, 11) is 0. The molecule has 0 N–H and O–H groups in total. The van der Waals surface area contributed by atoms with E-state index in [1.165, 1.54) is 0 Å². The van der Waals surface area contributed by atoms with Crippen LogP contribution in [0, 0.1) is 0 Å². The third-order valence-corrected chi connectivity index (χ3v) is 2.07. The number of hydrogen-bond donors (Lipinski definition) is 0. The topological polar surface area (TPSA) is 24.7 Å². The van der Waals surface area contributed by atoms with E-state index in [0.29, 0.717) is 0 Å². The maximum Gasteiger partial charge on any atom is 0.0604 e. The number of allylic oxidation sites excluding steroid dienone is 1. The Morgan fingerprint density at radius 1 is 1.13 bits per heavy atom. The molecule has 0 aromatic carbocycles. The lowest BCUT2D eigenvalue weighted by Crippen LogP contribution is -1.91. The van der Waals surface area contributed by atoms with Gasteiger partial charge < -0.3 is 0 Å². The van der Waals surface area contributed by atoms with Gasteiger partial charge in [0.2, 0.25) is 0 Å². The van der Waals surface area contributed by atoms with E-state index in [9.17, 15) is 0 Å². The summed E-state index contributed by atoms with van der Waals surface area (Å²) in [6.45, 7) is 14.1. The molecule has 0 atom stereocenters. The van der Waals surface area contributed by atoms with Crippen molar-refractivity contribution in [2.45, 2.75) is 47.5 Å². The van der Waals surface area contributed by atoms with Crippen LogP contribution in [0.25, 0.3) is 0 Å². The molecule has 0 radical (unpaired) electrons. The quantitative estimate of drug-likeness (QED) is 0.477. The zero-order chi connectivity index (χ0) is 11.8. The lowest BCUT2D eigenvalue weighted by Gasteiger charge is -2.03. The Balaban J connectivity index is 4.77. The van der Waals surface area contributed by atoms with Gasteiger partial charge in [-0.2, -0.15) is 0 Å². The Labute approximate surface area is 93.5 Å². The Bertz CT molecular complexity index is 302. The Morgan fingerprint density at radius 2 is 1.73 bits per heavy atom. The fraction of sp³-hybridized carbons (Fsp3) is 0.538. The molecule has 0 saturated heterocycles. The van der Waals surface area contributed by atoms with Gasteiger partial charge in [0.15, 0.2) is 0 Å². The van der Waals surface area contributed by atoms with Crippen LogP contribution in [0.2, 0.25) is 0 Å². The molecule has 84 valence electrons. The normalized spacial score (nSPS) is 12.6. The van der Waals surface area contributed by atoms with E-state index in [2.05, 4.69) is 30.4 Å². The lowest BCUT2D eigenvalue weighted by molar-refractivity contribution is 1.07. The SMILES string of the molecule is C=C(N=C(C)CC)/C(=C\N=C(C)C)CC. The first-order valence-electron chi connectivity index (χ1n) is 5.44.